The topological polar surface area (TPSA) is 30.5 Å². The molecule has 1 heterocycles. The van der Waals surface area contributed by atoms with E-state index in [1.54, 1.807) is 7.11 Å². The van der Waals surface area contributed by atoms with E-state index in [0.717, 1.165) is 13.0 Å². The second-order valence-electron chi connectivity index (χ2n) is 2.16. The van der Waals surface area contributed by atoms with Gasteiger partial charge in [-0.05, 0) is 13.5 Å². The normalized spacial score (nSPS) is 35.3. The Morgan fingerprint density at radius 2 is 2.44 bits per heavy atom. The second-order valence-corrected chi connectivity index (χ2v) is 2.16. The Labute approximate surface area is 55.3 Å². The molecule has 0 aliphatic carbocycles. The van der Waals surface area contributed by atoms with Crippen molar-refractivity contribution in [3.63, 3.8) is 0 Å². The maximum atomic E-state index is 5.22. The number of ether oxygens (including phenoxy) is 2. The number of hydrogen-bond donors (Lipinski definition) is 1. The van der Waals surface area contributed by atoms with E-state index in [1.165, 1.54) is 0 Å². The molecule has 2 atom stereocenters. The molecule has 1 aliphatic heterocycles. The van der Waals surface area contributed by atoms with Crippen LogP contribution in [0.25, 0.3) is 0 Å². The van der Waals surface area contributed by atoms with Crippen molar-refractivity contribution in [2.75, 3.05) is 20.8 Å². The van der Waals surface area contributed by atoms with Gasteiger partial charge in [-0.1, -0.05) is 0 Å². The van der Waals surface area contributed by atoms with Gasteiger partial charge in [-0.15, -0.1) is 0 Å². The third kappa shape index (κ3) is 1.41. The highest BCUT2D eigenvalue weighted by Gasteiger charge is 2.25. The van der Waals surface area contributed by atoms with Gasteiger partial charge in [-0.2, -0.15) is 0 Å². The number of hydrogen-bond acceptors (Lipinski definition) is 3. The maximum Gasteiger partial charge on any atom is 0.172 e. The summed E-state index contributed by atoms with van der Waals surface area (Å²) in [6.07, 6.45) is 1.02. The maximum absolute atomic E-state index is 5.22. The van der Waals surface area contributed by atoms with E-state index in [-0.39, 0.29) is 6.29 Å². The summed E-state index contributed by atoms with van der Waals surface area (Å²) in [5, 5.41) is 3.11. The zero-order valence-electron chi connectivity index (χ0n) is 5.89. The second kappa shape index (κ2) is 3.15. The van der Waals surface area contributed by atoms with Gasteiger partial charge < -0.3 is 14.8 Å². The highest BCUT2D eigenvalue weighted by Crippen LogP contribution is 2.12. The lowest BCUT2D eigenvalue weighted by atomic mass is 10.2. The van der Waals surface area contributed by atoms with Gasteiger partial charge >= 0.3 is 0 Å². The number of methoxy groups -OCH3 is 1. The molecule has 3 nitrogen and oxygen atoms in total. The van der Waals surface area contributed by atoms with Gasteiger partial charge in [0, 0.05) is 7.11 Å². The molecule has 0 spiro atoms. The van der Waals surface area contributed by atoms with Crippen LogP contribution in [-0.2, 0) is 9.47 Å². The molecule has 54 valence electrons. The van der Waals surface area contributed by atoms with E-state index < -0.39 is 0 Å². The van der Waals surface area contributed by atoms with Crippen molar-refractivity contribution in [3.05, 3.63) is 0 Å². The van der Waals surface area contributed by atoms with E-state index in [4.69, 9.17) is 9.47 Å². The molecule has 0 radical (unpaired) electrons. The monoisotopic (exact) mass is 131 g/mol. The molecule has 0 amide bonds. The molecule has 0 saturated carbocycles. The average Bonchev–Trinajstić information content (AvgIpc) is 2.33. The summed E-state index contributed by atoms with van der Waals surface area (Å²) in [6, 6.07) is 0.384. The zero-order chi connectivity index (χ0) is 6.69. The fourth-order valence-corrected chi connectivity index (χ4v) is 1.08. The molecule has 1 N–H and O–H groups in total. The molecular formula is C6H13NO2. The fourth-order valence-electron chi connectivity index (χ4n) is 1.08. The molecule has 0 bridgehead atoms. The molecule has 1 saturated heterocycles. The van der Waals surface area contributed by atoms with E-state index in [2.05, 4.69) is 5.32 Å². The lowest BCUT2D eigenvalue weighted by Crippen LogP contribution is -2.34. The zero-order valence-corrected chi connectivity index (χ0v) is 5.89. The van der Waals surface area contributed by atoms with Gasteiger partial charge in [0.15, 0.2) is 6.29 Å². The summed E-state index contributed by atoms with van der Waals surface area (Å²) in [6.45, 7) is 0.810. The quantitative estimate of drug-likeness (QED) is 0.570. The van der Waals surface area contributed by atoms with Crippen LogP contribution in [0.2, 0.25) is 0 Å². The van der Waals surface area contributed by atoms with Crippen molar-refractivity contribution >= 4 is 0 Å². The Balaban J connectivity index is 2.32. The molecule has 1 unspecified atom stereocenters. The molecule has 1 fully saturated rings. The molecule has 9 heavy (non-hydrogen) atoms. The van der Waals surface area contributed by atoms with Gasteiger partial charge in [0.05, 0.1) is 12.6 Å². The minimum Gasteiger partial charge on any atom is -0.354 e. The molecular weight excluding hydrogens is 118 g/mol. The number of rotatable bonds is 2. The van der Waals surface area contributed by atoms with E-state index >= 15 is 0 Å². The van der Waals surface area contributed by atoms with Crippen LogP contribution in [0.5, 0.6) is 0 Å². The lowest BCUT2D eigenvalue weighted by molar-refractivity contribution is -0.0987. The molecule has 3 heteroatoms. The Kier molecular flexibility index (Phi) is 2.45. The first-order chi connectivity index (χ1) is 4.38. The van der Waals surface area contributed by atoms with Crippen LogP contribution in [0.1, 0.15) is 6.42 Å². The standard InChI is InChI=1S/C6H13NO2/c1-7-5-3-4-9-6(5)8-2/h5-7H,3-4H2,1-2H3/t5-,6?/m0/s1. The SMILES string of the molecule is CN[C@H]1CCOC1OC. The first kappa shape index (κ1) is 6.99. The van der Waals surface area contributed by atoms with Gasteiger partial charge in [-0.3, -0.25) is 0 Å². The summed E-state index contributed by atoms with van der Waals surface area (Å²) in [4.78, 5) is 0. The molecule has 0 aromatic carbocycles. The van der Waals surface area contributed by atoms with Crippen LogP contribution in [-0.4, -0.2) is 33.1 Å². The van der Waals surface area contributed by atoms with Gasteiger partial charge in [0.1, 0.15) is 0 Å². The first-order valence-corrected chi connectivity index (χ1v) is 3.20. The Hall–Kier alpha value is -0.120. The predicted molar refractivity (Wildman–Crippen MR) is 34.2 cm³/mol. The minimum atomic E-state index is -0.0324. The Morgan fingerprint density at radius 1 is 1.67 bits per heavy atom. The summed E-state index contributed by atoms with van der Waals surface area (Å²) in [5.41, 5.74) is 0. The van der Waals surface area contributed by atoms with E-state index in [1.807, 2.05) is 7.05 Å². The summed E-state index contributed by atoms with van der Waals surface area (Å²) in [7, 11) is 3.59. The Morgan fingerprint density at radius 3 is 2.89 bits per heavy atom. The average molecular weight is 131 g/mol. The van der Waals surface area contributed by atoms with Gasteiger partial charge in [-0.25, -0.2) is 0 Å². The molecule has 1 rings (SSSR count). The van der Waals surface area contributed by atoms with Crippen molar-refractivity contribution in [2.45, 2.75) is 18.8 Å². The van der Waals surface area contributed by atoms with E-state index in [0.29, 0.717) is 6.04 Å². The first-order valence-electron chi connectivity index (χ1n) is 3.20. The van der Waals surface area contributed by atoms with Gasteiger partial charge in [0.25, 0.3) is 0 Å². The number of nitrogens with one attached hydrogen (secondary N) is 1. The van der Waals surface area contributed by atoms with E-state index in [9.17, 15) is 0 Å². The third-order valence-electron chi connectivity index (χ3n) is 1.64. The molecule has 0 aromatic rings. The minimum absolute atomic E-state index is 0.0324. The van der Waals surface area contributed by atoms with Gasteiger partial charge in [0.2, 0.25) is 0 Å². The van der Waals surface area contributed by atoms with Crippen molar-refractivity contribution in [3.8, 4) is 0 Å². The van der Waals surface area contributed by atoms with Crippen molar-refractivity contribution in [1.29, 1.82) is 0 Å². The van der Waals surface area contributed by atoms with Crippen LogP contribution in [0, 0.1) is 0 Å². The largest absolute Gasteiger partial charge is 0.354 e. The lowest BCUT2D eigenvalue weighted by Gasteiger charge is -2.14. The Bertz CT molecular complexity index is 77.1. The van der Waals surface area contributed by atoms with Crippen LogP contribution in [0.15, 0.2) is 0 Å². The summed E-state index contributed by atoms with van der Waals surface area (Å²) < 4.78 is 10.3. The summed E-state index contributed by atoms with van der Waals surface area (Å²) in [5.74, 6) is 0. The molecule has 0 aromatic heterocycles. The van der Waals surface area contributed by atoms with Crippen molar-refractivity contribution in [1.82, 2.24) is 5.32 Å². The summed E-state index contributed by atoms with van der Waals surface area (Å²) >= 11 is 0. The molecule has 1 aliphatic rings. The highest BCUT2D eigenvalue weighted by molar-refractivity contribution is 4.73. The van der Waals surface area contributed by atoms with Crippen LogP contribution in [0.4, 0.5) is 0 Å². The third-order valence-corrected chi connectivity index (χ3v) is 1.64. The predicted octanol–water partition coefficient (Wildman–Crippen LogP) is -0.0328. The van der Waals surface area contributed by atoms with Crippen molar-refractivity contribution < 1.29 is 9.47 Å². The van der Waals surface area contributed by atoms with Crippen LogP contribution >= 0.6 is 0 Å². The fraction of sp³-hybridized carbons (Fsp3) is 1.00. The smallest absolute Gasteiger partial charge is 0.172 e. The number of likely N-dealkylation sites (N-methyl/N-ethyl adjacent to an activating group) is 1. The van der Waals surface area contributed by atoms with Crippen molar-refractivity contribution in [2.24, 2.45) is 0 Å². The van der Waals surface area contributed by atoms with Crippen LogP contribution < -0.4 is 5.32 Å². The highest BCUT2D eigenvalue weighted by atomic mass is 16.7. The van der Waals surface area contributed by atoms with Crippen LogP contribution in [0.3, 0.4) is 0 Å².